The van der Waals surface area contributed by atoms with Gasteiger partial charge in [-0.05, 0) is 74.8 Å². The molecule has 16 heteroatoms. The standard InChI is InChI=1S/C44H60N6O8S2/c1-9-25(2)38(52)48-30-19-21-58-35-24-44(6,7)37(50(35)42(30)56)40(54)47-29-15-11-13-17-33(29)60-59-32-16-12-10-14-28(32)46-39(53)36-43(4,5)23-34-49(36)41(55)27(18-20-57-34)22-31(51)26(3)45-8/h10-17,25-27,30,34-37,45H,9,18-24H2,1-8H3,(H,46,53)(H,47,54)(H,48,52)/t25-,26+,27-,30+,34+,35+,36?,37?/m1/s1. The molecule has 5 amide bonds. The van der Waals surface area contributed by atoms with Crippen LogP contribution in [0.5, 0.6) is 0 Å². The number of Topliss-reactive ketones (excluding diaryl/α,β-unsaturated/α-hetero) is 1. The Kier molecular flexibility index (Phi) is 14.4. The zero-order chi connectivity index (χ0) is 43.5. The number of benzene rings is 2. The number of rotatable bonds is 14. The van der Waals surface area contributed by atoms with Gasteiger partial charge in [0, 0.05) is 41.1 Å². The number of amides is 5. The minimum Gasteiger partial charge on any atom is -0.358 e. The summed E-state index contributed by atoms with van der Waals surface area (Å²) in [6.45, 7) is 13.9. The van der Waals surface area contributed by atoms with Crippen LogP contribution in [0.4, 0.5) is 11.4 Å². The maximum Gasteiger partial charge on any atom is 0.247 e. The van der Waals surface area contributed by atoms with Crippen molar-refractivity contribution in [3.8, 4) is 0 Å². The van der Waals surface area contributed by atoms with E-state index in [0.29, 0.717) is 50.1 Å². The van der Waals surface area contributed by atoms with Gasteiger partial charge in [0.1, 0.15) is 36.4 Å². The largest absolute Gasteiger partial charge is 0.358 e. The molecular weight excluding hydrogens is 805 g/mol. The van der Waals surface area contributed by atoms with Crippen LogP contribution in [0.3, 0.4) is 0 Å². The first-order chi connectivity index (χ1) is 28.5. The van der Waals surface area contributed by atoms with Crippen molar-refractivity contribution in [3.63, 3.8) is 0 Å². The third-order valence-corrected chi connectivity index (χ3v) is 14.9. The number of fused-ring (bicyclic) bond motifs is 2. The second-order valence-corrected chi connectivity index (χ2v) is 20.0. The lowest BCUT2D eigenvalue weighted by Gasteiger charge is -2.33. The van der Waals surface area contributed by atoms with Gasteiger partial charge in [-0.15, -0.1) is 0 Å². The first-order valence-electron chi connectivity index (χ1n) is 21.0. The van der Waals surface area contributed by atoms with Crippen molar-refractivity contribution in [2.24, 2.45) is 22.7 Å². The molecule has 0 spiro atoms. The third-order valence-electron chi connectivity index (χ3n) is 12.5. The van der Waals surface area contributed by atoms with Crippen LogP contribution >= 0.6 is 21.6 Å². The van der Waals surface area contributed by atoms with Crippen molar-refractivity contribution in [1.82, 2.24) is 20.4 Å². The molecule has 4 saturated heterocycles. The van der Waals surface area contributed by atoms with Crippen molar-refractivity contribution in [1.29, 1.82) is 0 Å². The lowest BCUT2D eigenvalue weighted by atomic mass is 9.83. The van der Waals surface area contributed by atoms with E-state index in [1.165, 1.54) is 26.5 Å². The zero-order valence-corrected chi connectivity index (χ0v) is 37.5. The molecule has 0 aromatic heterocycles. The number of carbonyl (C=O) groups excluding carboxylic acids is 6. The molecule has 0 saturated carbocycles. The van der Waals surface area contributed by atoms with E-state index >= 15 is 0 Å². The Morgan fingerprint density at radius 2 is 1.25 bits per heavy atom. The number of ketones is 1. The van der Waals surface area contributed by atoms with E-state index in [1.54, 1.807) is 18.9 Å². The summed E-state index contributed by atoms with van der Waals surface area (Å²) in [5.74, 6) is -2.36. The number of anilines is 2. The smallest absolute Gasteiger partial charge is 0.247 e. The van der Waals surface area contributed by atoms with Gasteiger partial charge < -0.3 is 40.5 Å². The van der Waals surface area contributed by atoms with Crippen LogP contribution in [-0.4, -0.2) is 102 Å². The van der Waals surface area contributed by atoms with Crippen molar-refractivity contribution >= 4 is 68.3 Å². The first-order valence-corrected chi connectivity index (χ1v) is 23.1. The van der Waals surface area contributed by atoms with Crippen molar-refractivity contribution in [3.05, 3.63) is 48.5 Å². The van der Waals surface area contributed by atoms with Gasteiger partial charge in [-0.3, -0.25) is 28.8 Å². The summed E-state index contributed by atoms with van der Waals surface area (Å²) in [4.78, 5) is 87.0. The fraction of sp³-hybridized carbons (Fsp3) is 0.591. The van der Waals surface area contributed by atoms with Crippen LogP contribution in [0.15, 0.2) is 58.3 Å². The predicted molar refractivity (Wildman–Crippen MR) is 232 cm³/mol. The number of hydrogen-bond acceptors (Lipinski definition) is 11. The average molecular weight is 865 g/mol. The molecule has 0 radical (unpaired) electrons. The fourth-order valence-corrected chi connectivity index (χ4v) is 10.9. The molecule has 6 rings (SSSR count). The summed E-state index contributed by atoms with van der Waals surface area (Å²) < 4.78 is 12.3. The molecule has 2 aromatic rings. The van der Waals surface area contributed by atoms with Crippen LogP contribution in [0.2, 0.25) is 0 Å². The van der Waals surface area contributed by atoms with E-state index < -0.39 is 53.4 Å². The second kappa shape index (κ2) is 19.0. The Morgan fingerprint density at radius 1 is 0.767 bits per heavy atom. The highest BCUT2D eigenvalue weighted by atomic mass is 33.1. The topological polar surface area (TPSA) is 175 Å². The monoisotopic (exact) mass is 864 g/mol. The second-order valence-electron chi connectivity index (χ2n) is 17.8. The number of nitrogens with one attached hydrogen (secondary N) is 4. The Morgan fingerprint density at radius 3 is 1.75 bits per heavy atom. The van der Waals surface area contributed by atoms with Gasteiger partial charge in [0.15, 0.2) is 0 Å². The highest BCUT2D eigenvalue weighted by molar-refractivity contribution is 8.76. The van der Waals surface area contributed by atoms with Gasteiger partial charge in [-0.2, -0.15) is 0 Å². The molecule has 4 N–H and O–H groups in total. The molecular formula is C44H60N6O8S2. The lowest BCUT2D eigenvalue weighted by molar-refractivity contribution is -0.149. The van der Waals surface area contributed by atoms with Crippen LogP contribution in [-0.2, 0) is 38.2 Å². The first kappa shape index (κ1) is 45.6. The highest BCUT2D eigenvalue weighted by Crippen LogP contribution is 2.47. The number of ether oxygens (including phenoxy) is 2. The Bertz CT molecular complexity index is 1820. The molecule has 4 aliphatic heterocycles. The van der Waals surface area contributed by atoms with E-state index in [1.807, 2.05) is 90.1 Å². The molecule has 0 bridgehead atoms. The van der Waals surface area contributed by atoms with Crippen LogP contribution in [0.25, 0.3) is 0 Å². The van der Waals surface area contributed by atoms with Crippen molar-refractivity contribution < 1.29 is 38.2 Å². The molecule has 60 heavy (non-hydrogen) atoms. The summed E-state index contributed by atoms with van der Waals surface area (Å²) in [5, 5.41) is 12.1. The molecule has 326 valence electrons. The number of nitrogens with zero attached hydrogens (tertiary/aromatic N) is 2. The Balaban J connectivity index is 1.16. The minimum atomic E-state index is -0.855. The molecule has 2 aromatic carbocycles. The van der Waals surface area contributed by atoms with E-state index in [-0.39, 0.29) is 54.3 Å². The van der Waals surface area contributed by atoms with Gasteiger partial charge in [0.25, 0.3) is 0 Å². The van der Waals surface area contributed by atoms with E-state index in [2.05, 4.69) is 21.3 Å². The molecule has 14 nitrogen and oxygen atoms in total. The third kappa shape index (κ3) is 9.72. The molecule has 4 heterocycles. The maximum absolute atomic E-state index is 14.3. The molecule has 4 aliphatic rings. The zero-order valence-electron chi connectivity index (χ0n) is 35.9. The normalized spacial score (nSPS) is 26.9. The number of carbonyl (C=O) groups is 6. The maximum atomic E-state index is 14.3. The Labute approximate surface area is 361 Å². The van der Waals surface area contributed by atoms with Crippen LogP contribution in [0.1, 0.15) is 87.0 Å². The quantitative estimate of drug-likeness (QED) is 0.169. The van der Waals surface area contributed by atoms with Gasteiger partial charge in [0.05, 0.1) is 24.0 Å². The van der Waals surface area contributed by atoms with E-state index in [0.717, 1.165) is 9.79 Å². The van der Waals surface area contributed by atoms with Gasteiger partial charge >= 0.3 is 0 Å². The fourth-order valence-electron chi connectivity index (χ4n) is 8.67. The van der Waals surface area contributed by atoms with E-state index in [4.69, 9.17) is 9.47 Å². The summed E-state index contributed by atoms with van der Waals surface area (Å²) in [5.41, 5.74) is -0.112. The van der Waals surface area contributed by atoms with Crippen molar-refractivity contribution in [2.45, 2.75) is 133 Å². The van der Waals surface area contributed by atoms with Crippen molar-refractivity contribution in [2.75, 3.05) is 30.9 Å². The Hall–Kier alpha value is -3.96. The number of para-hydroxylation sites is 2. The van der Waals surface area contributed by atoms with Crippen LogP contribution in [0, 0.1) is 22.7 Å². The summed E-state index contributed by atoms with van der Waals surface area (Å²) >= 11 is 0. The van der Waals surface area contributed by atoms with Crippen LogP contribution < -0.4 is 21.3 Å². The minimum absolute atomic E-state index is 0.0613. The van der Waals surface area contributed by atoms with Gasteiger partial charge in [0.2, 0.25) is 29.5 Å². The summed E-state index contributed by atoms with van der Waals surface area (Å²) in [7, 11) is 4.52. The lowest BCUT2D eigenvalue weighted by Crippen LogP contribution is -2.56. The van der Waals surface area contributed by atoms with Gasteiger partial charge in [-0.1, -0.05) is 87.4 Å². The summed E-state index contributed by atoms with van der Waals surface area (Å²) in [6.07, 6.45) is 1.22. The molecule has 0 aliphatic carbocycles. The number of hydrogen-bond donors (Lipinski definition) is 4. The van der Waals surface area contributed by atoms with Gasteiger partial charge in [-0.25, -0.2) is 0 Å². The predicted octanol–water partition coefficient (Wildman–Crippen LogP) is 5.82. The highest BCUT2D eigenvalue weighted by Gasteiger charge is 2.56. The molecule has 4 fully saturated rings. The number of likely N-dealkylation sites (N-methyl/N-ethyl adjacent to an activating group) is 1. The summed E-state index contributed by atoms with van der Waals surface area (Å²) in [6, 6.07) is 11.9. The van der Waals surface area contributed by atoms with E-state index in [9.17, 15) is 28.8 Å². The SMILES string of the molecule is CC[C@@H](C)C(=O)N[C@H]1CCO[C@H]2CC(C)(C)C(C(=O)Nc3ccccc3SSc3ccccc3NC(=O)C3N4C(=O)[C@@H](CC(=O)[C@H](C)NC)CCO[C@H]4CC3(C)C)N2C1=O. The molecule has 2 unspecified atom stereocenters. The average Bonchev–Trinajstić information content (AvgIpc) is 3.53. The molecule has 8 atom stereocenters.